The number of nitrogens with zero attached hydrogens (tertiary/aromatic N) is 1. The summed E-state index contributed by atoms with van der Waals surface area (Å²) in [6.07, 6.45) is 0.733. The molecule has 84 valence electrons. The Labute approximate surface area is 105 Å². The Balaban J connectivity index is 1.80. The number of nitrogens with one attached hydrogen (secondary N) is 1. The van der Waals surface area contributed by atoms with Gasteiger partial charge in [-0.05, 0) is 28.1 Å². The molecule has 0 saturated carbocycles. The average Bonchev–Trinajstić information content (AvgIpc) is 2.89. The molecule has 0 aliphatic rings. The maximum atomic E-state index is 11.5. The molecule has 2 heterocycles. The van der Waals surface area contributed by atoms with Gasteiger partial charge in [0.05, 0.1) is 11.2 Å². The highest BCUT2D eigenvalue weighted by Crippen LogP contribution is 2.13. The maximum absolute atomic E-state index is 11.5. The summed E-state index contributed by atoms with van der Waals surface area (Å²) in [5.41, 5.74) is 2.77. The summed E-state index contributed by atoms with van der Waals surface area (Å²) in [4.78, 5) is 15.7. The second kappa shape index (κ2) is 5.27. The molecule has 4 nitrogen and oxygen atoms in total. The molecule has 0 bridgehead atoms. The van der Waals surface area contributed by atoms with Crippen molar-refractivity contribution in [2.24, 2.45) is 0 Å². The predicted molar refractivity (Wildman–Crippen MR) is 64.6 cm³/mol. The number of rotatable bonds is 4. The first-order valence-electron chi connectivity index (χ1n) is 4.66. The summed E-state index contributed by atoms with van der Waals surface area (Å²) in [7, 11) is 0. The van der Waals surface area contributed by atoms with Crippen LogP contribution in [0.1, 0.15) is 16.2 Å². The molecule has 0 aromatic carbocycles. The van der Waals surface area contributed by atoms with Crippen molar-refractivity contribution in [2.45, 2.75) is 6.42 Å². The zero-order valence-electron chi connectivity index (χ0n) is 8.27. The smallest absolute Gasteiger partial charge is 0.287 e. The van der Waals surface area contributed by atoms with Crippen molar-refractivity contribution >= 4 is 33.2 Å². The lowest BCUT2D eigenvalue weighted by atomic mass is 10.3. The fourth-order valence-electron chi connectivity index (χ4n) is 1.19. The van der Waals surface area contributed by atoms with Crippen LogP contribution >= 0.6 is 27.3 Å². The van der Waals surface area contributed by atoms with Crippen LogP contribution in [0.5, 0.6) is 0 Å². The summed E-state index contributed by atoms with van der Waals surface area (Å²) in [6, 6.07) is 3.32. The van der Waals surface area contributed by atoms with Gasteiger partial charge in [0.1, 0.15) is 0 Å². The molecular formula is C10H9BrN2O2S. The Morgan fingerprint density at radius 2 is 2.44 bits per heavy atom. The van der Waals surface area contributed by atoms with Crippen LogP contribution in [-0.2, 0) is 6.42 Å². The quantitative estimate of drug-likeness (QED) is 0.944. The van der Waals surface area contributed by atoms with Gasteiger partial charge in [-0.25, -0.2) is 4.98 Å². The molecule has 0 spiro atoms. The third-order valence-electron chi connectivity index (χ3n) is 1.95. The van der Waals surface area contributed by atoms with E-state index in [1.807, 2.05) is 5.38 Å². The van der Waals surface area contributed by atoms with Gasteiger partial charge in [-0.2, -0.15) is 0 Å². The lowest BCUT2D eigenvalue weighted by Gasteiger charge is -2.00. The number of carbonyl (C=O) groups excluding carboxylic acids is 1. The van der Waals surface area contributed by atoms with E-state index in [1.54, 1.807) is 29.0 Å². The van der Waals surface area contributed by atoms with Crippen LogP contribution in [0, 0.1) is 0 Å². The molecule has 0 saturated heterocycles. The molecule has 16 heavy (non-hydrogen) atoms. The number of hydrogen-bond acceptors (Lipinski definition) is 4. The SMILES string of the molecule is O=C(NCCc1cscn1)c1ccc(Br)o1. The Morgan fingerprint density at radius 3 is 3.06 bits per heavy atom. The van der Waals surface area contributed by atoms with Gasteiger partial charge >= 0.3 is 0 Å². The zero-order chi connectivity index (χ0) is 11.4. The molecule has 2 aromatic rings. The van der Waals surface area contributed by atoms with Gasteiger partial charge in [-0.3, -0.25) is 4.79 Å². The number of amides is 1. The summed E-state index contributed by atoms with van der Waals surface area (Å²) in [6.45, 7) is 0.556. The van der Waals surface area contributed by atoms with Gasteiger partial charge in [-0.15, -0.1) is 11.3 Å². The largest absolute Gasteiger partial charge is 0.444 e. The van der Waals surface area contributed by atoms with Crippen LogP contribution in [0.25, 0.3) is 0 Å². The molecule has 0 unspecified atom stereocenters. The van der Waals surface area contributed by atoms with E-state index in [0.29, 0.717) is 17.0 Å². The minimum atomic E-state index is -0.207. The van der Waals surface area contributed by atoms with Gasteiger partial charge < -0.3 is 9.73 Å². The standard InChI is InChI=1S/C10H9BrN2O2S/c11-9-2-1-8(15-9)10(14)12-4-3-7-5-16-6-13-7/h1-2,5-6H,3-4H2,(H,12,14). The van der Waals surface area contributed by atoms with E-state index in [9.17, 15) is 4.79 Å². The summed E-state index contributed by atoms with van der Waals surface area (Å²) in [5, 5.41) is 4.73. The lowest BCUT2D eigenvalue weighted by Crippen LogP contribution is -2.25. The van der Waals surface area contributed by atoms with Gasteiger partial charge in [0.15, 0.2) is 10.4 Å². The topological polar surface area (TPSA) is 55.1 Å². The van der Waals surface area contributed by atoms with Crippen LogP contribution in [0.3, 0.4) is 0 Å². The Kier molecular flexibility index (Phi) is 3.74. The van der Waals surface area contributed by atoms with Crippen molar-refractivity contribution in [1.82, 2.24) is 10.3 Å². The Hall–Kier alpha value is -1.14. The van der Waals surface area contributed by atoms with Crippen molar-refractivity contribution < 1.29 is 9.21 Å². The number of aromatic nitrogens is 1. The minimum Gasteiger partial charge on any atom is -0.444 e. The molecule has 6 heteroatoms. The van der Waals surface area contributed by atoms with Crippen molar-refractivity contribution in [3.05, 3.63) is 39.1 Å². The predicted octanol–water partition coefficient (Wildman–Crippen LogP) is 2.47. The Morgan fingerprint density at radius 1 is 1.56 bits per heavy atom. The van der Waals surface area contributed by atoms with Crippen LogP contribution in [0.4, 0.5) is 0 Å². The number of hydrogen-bond donors (Lipinski definition) is 1. The highest BCUT2D eigenvalue weighted by Gasteiger charge is 2.09. The minimum absolute atomic E-state index is 0.207. The van der Waals surface area contributed by atoms with Crippen molar-refractivity contribution in [2.75, 3.05) is 6.54 Å². The number of carbonyl (C=O) groups is 1. The van der Waals surface area contributed by atoms with Gasteiger partial charge in [-0.1, -0.05) is 0 Å². The molecule has 0 atom stereocenters. The first-order valence-corrected chi connectivity index (χ1v) is 6.40. The first kappa shape index (κ1) is 11.3. The molecular weight excluding hydrogens is 292 g/mol. The normalized spacial score (nSPS) is 10.3. The molecule has 2 aromatic heterocycles. The number of halogens is 1. The molecule has 1 N–H and O–H groups in total. The van der Waals surface area contributed by atoms with Crippen molar-refractivity contribution in [1.29, 1.82) is 0 Å². The van der Waals surface area contributed by atoms with E-state index >= 15 is 0 Å². The second-order valence-corrected chi connectivity index (χ2v) is 4.59. The molecule has 1 amide bonds. The van der Waals surface area contributed by atoms with Crippen LogP contribution < -0.4 is 5.32 Å². The first-order chi connectivity index (χ1) is 7.75. The highest BCUT2D eigenvalue weighted by molar-refractivity contribution is 9.10. The summed E-state index contributed by atoms with van der Waals surface area (Å²) in [5.74, 6) is 0.103. The molecule has 0 radical (unpaired) electrons. The number of thiazole rings is 1. The monoisotopic (exact) mass is 300 g/mol. The van der Waals surface area contributed by atoms with E-state index in [0.717, 1.165) is 12.1 Å². The molecule has 2 rings (SSSR count). The van der Waals surface area contributed by atoms with E-state index in [2.05, 4.69) is 26.2 Å². The summed E-state index contributed by atoms with van der Waals surface area (Å²) < 4.78 is 5.68. The zero-order valence-corrected chi connectivity index (χ0v) is 10.7. The van der Waals surface area contributed by atoms with Gasteiger partial charge in [0, 0.05) is 18.3 Å². The third kappa shape index (κ3) is 2.93. The molecule has 0 aliphatic heterocycles. The fraction of sp³-hybridized carbons (Fsp3) is 0.200. The average molecular weight is 301 g/mol. The van der Waals surface area contributed by atoms with E-state index in [-0.39, 0.29) is 5.91 Å². The molecule has 0 aliphatic carbocycles. The number of furan rings is 1. The van der Waals surface area contributed by atoms with E-state index in [1.165, 1.54) is 0 Å². The second-order valence-electron chi connectivity index (χ2n) is 3.09. The van der Waals surface area contributed by atoms with Crippen molar-refractivity contribution in [3.8, 4) is 0 Å². The Bertz CT molecular complexity index is 467. The fourth-order valence-corrected chi connectivity index (χ4v) is 2.09. The highest BCUT2D eigenvalue weighted by atomic mass is 79.9. The lowest BCUT2D eigenvalue weighted by molar-refractivity contribution is 0.0925. The van der Waals surface area contributed by atoms with Crippen molar-refractivity contribution in [3.63, 3.8) is 0 Å². The third-order valence-corrected chi connectivity index (χ3v) is 3.01. The van der Waals surface area contributed by atoms with Gasteiger partial charge in [0.25, 0.3) is 5.91 Å². The van der Waals surface area contributed by atoms with E-state index < -0.39 is 0 Å². The van der Waals surface area contributed by atoms with Crippen LogP contribution in [0.2, 0.25) is 0 Å². The molecule has 0 fully saturated rings. The van der Waals surface area contributed by atoms with Gasteiger partial charge in [0.2, 0.25) is 0 Å². The van der Waals surface area contributed by atoms with Crippen LogP contribution in [0.15, 0.2) is 32.1 Å². The van der Waals surface area contributed by atoms with E-state index in [4.69, 9.17) is 4.42 Å². The maximum Gasteiger partial charge on any atom is 0.287 e. The van der Waals surface area contributed by atoms with Crippen LogP contribution in [-0.4, -0.2) is 17.4 Å². The summed E-state index contributed by atoms with van der Waals surface area (Å²) >= 11 is 4.69.